The van der Waals surface area contributed by atoms with Gasteiger partial charge in [0.2, 0.25) is 15.9 Å². The van der Waals surface area contributed by atoms with Crippen molar-refractivity contribution in [2.75, 3.05) is 40.9 Å². The average molecular weight is 424 g/mol. The summed E-state index contributed by atoms with van der Waals surface area (Å²) in [6.45, 7) is -1.23. The van der Waals surface area contributed by atoms with E-state index in [0.29, 0.717) is 10.6 Å². The maximum atomic E-state index is 12.8. The number of nitrogens with zero attached hydrogens (tertiary/aromatic N) is 2. The van der Waals surface area contributed by atoms with Crippen LogP contribution in [-0.2, 0) is 14.8 Å². The van der Waals surface area contributed by atoms with Crippen LogP contribution in [-0.4, -0.2) is 70.6 Å². The van der Waals surface area contributed by atoms with Gasteiger partial charge in [-0.25, -0.2) is 8.42 Å². The SMILES string of the molecule is COc1ccc(S(=O)(=O)N2CCC(C(=O)N(C)CC(F)(F)F)CC2)cc1OC. The van der Waals surface area contributed by atoms with Gasteiger partial charge in [-0.2, -0.15) is 17.5 Å². The zero-order valence-electron chi connectivity index (χ0n) is 15.8. The van der Waals surface area contributed by atoms with E-state index in [1.807, 2.05) is 0 Å². The van der Waals surface area contributed by atoms with Gasteiger partial charge in [0, 0.05) is 32.1 Å². The number of halogens is 3. The first kappa shape index (κ1) is 22.3. The maximum absolute atomic E-state index is 12.8. The van der Waals surface area contributed by atoms with Crippen molar-refractivity contribution in [3.05, 3.63) is 18.2 Å². The van der Waals surface area contributed by atoms with E-state index in [9.17, 15) is 26.4 Å². The third-order valence-electron chi connectivity index (χ3n) is 4.59. The second kappa shape index (κ2) is 8.56. The molecular weight excluding hydrogens is 401 g/mol. The molecule has 1 aliphatic rings. The highest BCUT2D eigenvalue weighted by atomic mass is 32.2. The molecule has 11 heteroatoms. The number of rotatable bonds is 6. The lowest BCUT2D eigenvalue weighted by molar-refractivity contribution is -0.161. The van der Waals surface area contributed by atoms with E-state index in [4.69, 9.17) is 9.47 Å². The molecule has 0 aromatic heterocycles. The topological polar surface area (TPSA) is 76.2 Å². The Morgan fingerprint density at radius 1 is 1.18 bits per heavy atom. The van der Waals surface area contributed by atoms with Gasteiger partial charge in [-0.3, -0.25) is 4.79 Å². The van der Waals surface area contributed by atoms with Crippen LogP contribution in [0.15, 0.2) is 23.1 Å². The number of hydrogen-bond donors (Lipinski definition) is 0. The standard InChI is InChI=1S/C17H23F3N2O5S/c1-21(11-17(18,19)20)16(23)12-6-8-22(9-7-12)28(24,25)13-4-5-14(26-2)15(10-13)27-3/h4-5,10,12H,6-9,11H2,1-3H3. The summed E-state index contributed by atoms with van der Waals surface area (Å²) in [5.41, 5.74) is 0. The fraction of sp³-hybridized carbons (Fsp3) is 0.588. The molecule has 1 heterocycles. The number of amides is 1. The van der Waals surface area contributed by atoms with E-state index in [1.54, 1.807) is 0 Å². The van der Waals surface area contributed by atoms with E-state index in [0.717, 1.165) is 7.05 Å². The molecule has 158 valence electrons. The van der Waals surface area contributed by atoms with E-state index in [2.05, 4.69) is 0 Å². The van der Waals surface area contributed by atoms with Gasteiger partial charge >= 0.3 is 6.18 Å². The predicted octanol–water partition coefficient (Wildman–Crippen LogP) is 2.13. The summed E-state index contributed by atoms with van der Waals surface area (Å²) in [5.74, 6) is -0.606. The van der Waals surface area contributed by atoms with Crippen molar-refractivity contribution in [3.8, 4) is 11.5 Å². The molecule has 0 aliphatic carbocycles. The molecule has 0 bridgehead atoms. The summed E-state index contributed by atoms with van der Waals surface area (Å²) < 4.78 is 74.5. The summed E-state index contributed by atoms with van der Waals surface area (Å²) in [5, 5.41) is 0. The van der Waals surface area contributed by atoms with Gasteiger partial charge in [-0.05, 0) is 25.0 Å². The molecule has 2 rings (SSSR count). The van der Waals surface area contributed by atoms with Gasteiger partial charge in [-0.1, -0.05) is 0 Å². The lowest BCUT2D eigenvalue weighted by Crippen LogP contribution is -2.45. The number of benzene rings is 1. The quantitative estimate of drug-likeness (QED) is 0.699. The molecule has 0 atom stereocenters. The van der Waals surface area contributed by atoms with Crippen molar-refractivity contribution in [2.45, 2.75) is 23.9 Å². The van der Waals surface area contributed by atoms with Crippen LogP contribution in [0.25, 0.3) is 0 Å². The van der Waals surface area contributed by atoms with Crippen LogP contribution < -0.4 is 9.47 Å². The van der Waals surface area contributed by atoms with Crippen LogP contribution in [0.2, 0.25) is 0 Å². The Kier molecular flexibility index (Phi) is 6.81. The molecule has 1 aromatic carbocycles. The zero-order valence-corrected chi connectivity index (χ0v) is 16.6. The molecule has 1 aliphatic heterocycles. The molecule has 1 amide bonds. The summed E-state index contributed by atoms with van der Waals surface area (Å²) in [6.07, 6.45) is -4.15. The van der Waals surface area contributed by atoms with Crippen LogP contribution in [0.4, 0.5) is 13.2 Å². The van der Waals surface area contributed by atoms with Gasteiger partial charge in [-0.15, -0.1) is 0 Å². The summed E-state index contributed by atoms with van der Waals surface area (Å²) in [4.78, 5) is 12.8. The Labute approximate surface area is 162 Å². The van der Waals surface area contributed by atoms with Crippen molar-refractivity contribution >= 4 is 15.9 Å². The van der Waals surface area contributed by atoms with Crippen LogP contribution in [0.1, 0.15) is 12.8 Å². The molecule has 0 N–H and O–H groups in total. The molecule has 0 spiro atoms. The molecule has 28 heavy (non-hydrogen) atoms. The third-order valence-corrected chi connectivity index (χ3v) is 6.48. The largest absolute Gasteiger partial charge is 0.493 e. The first-order valence-electron chi connectivity index (χ1n) is 8.53. The number of carbonyl (C=O) groups excluding carboxylic acids is 1. The monoisotopic (exact) mass is 424 g/mol. The Bertz CT molecular complexity index is 806. The number of carbonyl (C=O) groups is 1. The summed E-state index contributed by atoms with van der Waals surface area (Å²) in [6, 6.07) is 4.22. The van der Waals surface area contributed by atoms with Gasteiger partial charge in [0.25, 0.3) is 0 Å². The minimum atomic E-state index is -4.47. The highest BCUT2D eigenvalue weighted by molar-refractivity contribution is 7.89. The van der Waals surface area contributed by atoms with E-state index < -0.39 is 34.6 Å². The maximum Gasteiger partial charge on any atom is 0.406 e. The first-order valence-corrected chi connectivity index (χ1v) is 9.97. The van der Waals surface area contributed by atoms with Crippen molar-refractivity contribution in [2.24, 2.45) is 5.92 Å². The van der Waals surface area contributed by atoms with E-state index >= 15 is 0 Å². The molecule has 1 aromatic rings. The lowest BCUT2D eigenvalue weighted by Gasteiger charge is -2.32. The Morgan fingerprint density at radius 2 is 1.75 bits per heavy atom. The van der Waals surface area contributed by atoms with E-state index in [-0.39, 0.29) is 36.6 Å². The summed E-state index contributed by atoms with van der Waals surface area (Å²) >= 11 is 0. The number of sulfonamides is 1. The second-order valence-corrected chi connectivity index (χ2v) is 8.44. The van der Waals surface area contributed by atoms with Crippen LogP contribution in [0.5, 0.6) is 11.5 Å². The Morgan fingerprint density at radius 3 is 2.25 bits per heavy atom. The molecule has 0 radical (unpaired) electrons. The highest BCUT2D eigenvalue weighted by Gasteiger charge is 2.36. The normalized spacial score (nSPS) is 16.6. The van der Waals surface area contributed by atoms with Crippen molar-refractivity contribution in [3.63, 3.8) is 0 Å². The minimum absolute atomic E-state index is 0.0177. The minimum Gasteiger partial charge on any atom is -0.493 e. The predicted molar refractivity (Wildman–Crippen MR) is 94.7 cm³/mol. The second-order valence-electron chi connectivity index (χ2n) is 6.50. The molecule has 0 saturated carbocycles. The smallest absolute Gasteiger partial charge is 0.406 e. The third kappa shape index (κ3) is 5.07. The molecule has 1 fully saturated rings. The average Bonchev–Trinajstić information content (AvgIpc) is 2.65. The number of piperidine rings is 1. The van der Waals surface area contributed by atoms with Crippen molar-refractivity contribution in [1.82, 2.24) is 9.21 Å². The van der Waals surface area contributed by atoms with Crippen LogP contribution in [0.3, 0.4) is 0 Å². The number of ether oxygens (including phenoxy) is 2. The molecule has 0 unspecified atom stereocenters. The summed E-state index contributed by atoms with van der Waals surface area (Å²) in [7, 11) is 0.101. The van der Waals surface area contributed by atoms with Gasteiger partial charge < -0.3 is 14.4 Å². The Balaban J connectivity index is 2.07. The zero-order chi connectivity index (χ0) is 21.1. The highest BCUT2D eigenvalue weighted by Crippen LogP contribution is 2.32. The van der Waals surface area contributed by atoms with Gasteiger partial charge in [0.1, 0.15) is 6.54 Å². The fourth-order valence-corrected chi connectivity index (χ4v) is 4.61. The lowest BCUT2D eigenvalue weighted by atomic mass is 9.97. The van der Waals surface area contributed by atoms with E-state index in [1.165, 1.54) is 36.7 Å². The number of alkyl halides is 3. The van der Waals surface area contributed by atoms with Crippen LogP contribution >= 0.6 is 0 Å². The van der Waals surface area contributed by atoms with Gasteiger partial charge in [0.05, 0.1) is 19.1 Å². The molecule has 1 saturated heterocycles. The molecular formula is C17H23F3N2O5S. The van der Waals surface area contributed by atoms with Crippen LogP contribution in [0, 0.1) is 5.92 Å². The Hall–Kier alpha value is -2.01. The van der Waals surface area contributed by atoms with Crippen molar-refractivity contribution < 1.29 is 35.9 Å². The van der Waals surface area contributed by atoms with Crippen molar-refractivity contribution in [1.29, 1.82) is 0 Å². The molecule has 7 nitrogen and oxygen atoms in total. The fourth-order valence-electron chi connectivity index (χ4n) is 3.13. The first-order chi connectivity index (χ1) is 13.0. The van der Waals surface area contributed by atoms with Gasteiger partial charge in [0.15, 0.2) is 11.5 Å². The number of hydrogen-bond acceptors (Lipinski definition) is 5. The number of methoxy groups -OCH3 is 2.